The van der Waals surface area contributed by atoms with Gasteiger partial charge in [0.05, 0.1) is 15.7 Å². The number of aromatic nitrogens is 3. The molecule has 0 aliphatic carbocycles. The van der Waals surface area contributed by atoms with Crippen molar-refractivity contribution >= 4 is 38.0 Å². The van der Waals surface area contributed by atoms with Gasteiger partial charge < -0.3 is 5.32 Å². The van der Waals surface area contributed by atoms with Crippen LogP contribution >= 0.6 is 11.3 Å². The predicted octanol–water partition coefficient (Wildman–Crippen LogP) is 4.23. The zero-order valence-electron chi connectivity index (χ0n) is 14.0. The lowest BCUT2D eigenvalue weighted by molar-refractivity contribution is 0.739. The summed E-state index contributed by atoms with van der Waals surface area (Å²) in [7, 11) is 1.95. The number of nitrogens with one attached hydrogen (secondary N) is 1. The van der Waals surface area contributed by atoms with E-state index in [0.717, 1.165) is 46.5 Å². The number of rotatable bonds is 2. The standard InChI is InChI=1S/C20H18N4S/c1-24-12-16-10-15(3-4-17(16)23-24)20-22-18-5-2-14(11-19(18)25-20)13-6-8-21-9-7-13/h2-6,10-12,21H,7-9H2,1H3. The minimum absolute atomic E-state index is 0.965. The molecule has 0 amide bonds. The van der Waals surface area contributed by atoms with Gasteiger partial charge >= 0.3 is 0 Å². The maximum absolute atomic E-state index is 4.84. The quantitative estimate of drug-likeness (QED) is 0.591. The summed E-state index contributed by atoms with van der Waals surface area (Å²) in [6, 6.07) is 13.0. The van der Waals surface area contributed by atoms with E-state index in [4.69, 9.17) is 4.98 Å². The van der Waals surface area contributed by atoms with Crippen molar-refractivity contribution in [1.29, 1.82) is 0 Å². The van der Waals surface area contributed by atoms with Crippen LogP contribution in [0.2, 0.25) is 0 Å². The average molecular weight is 346 g/mol. The molecule has 5 heteroatoms. The molecule has 25 heavy (non-hydrogen) atoms. The Kier molecular flexibility index (Phi) is 3.43. The highest BCUT2D eigenvalue weighted by Crippen LogP contribution is 2.33. The highest BCUT2D eigenvalue weighted by molar-refractivity contribution is 7.21. The van der Waals surface area contributed by atoms with Gasteiger partial charge in [0.2, 0.25) is 0 Å². The van der Waals surface area contributed by atoms with E-state index in [1.165, 1.54) is 15.8 Å². The van der Waals surface area contributed by atoms with Crippen molar-refractivity contribution in [1.82, 2.24) is 20.1 Å². The van der Waals surface area contributed by atoms with Gasteiger partial charge in [0.25, 0.3) is 0 Å². The van der Waals surface area contributed by atoms with Crippen LogP contribution in [0.25, 0.3) is 37.3 Å². The van der Waals surface area contributed by atoms with E-state index in [2.05, 4.69) is 52.9 Å². The molecule has 0 spiro atoms. The van der Waals surface area contributed by atoms with Gasteiger partial charge in [-0.2, -0.15) is 5.10 Å². The topological polar surface area (TPSA) is 42.7 Å². The smallest absolute Gasteiger partial charge is 0.124 e. The molecule has 2 aromatic heterocycles. The van der Waals surface area contributed by atoms with Gasteiger partial charge in [0, 0.05) is 30.7 Å². The molecular formula is C20H18N4S. The van der Waals surface area contributed by atoms with Gasteiger partial charge in [-0.3, -0.25) is 4.68 Å². The van der Waals surface area contributed by atoms with Crippen LogP contribution < -0.4 is 5.32 Å². The Balaban J connectivity index is 1.57. The van der Waals surface area contributed by atoms with Crippen LogP contribution in [0.1, 0.15) is 12.0 Å². The Labute approximate surface area is 149 Å². The molecule has 1 N–H and O–H groups in total. The summed E-state index contributed by atoms with van der Waals surface area (Å²) in [5.41, 5.74) is 6.01. The first-order chi connectivity index (χ1) is 12.3. The van der Waals surface area contributed by atoms with Crippen LogP contribution in [0.3, 0.4) is 0 Å². The summed E-state index contributed by atoms with van der Waals surface area (Å²) in [4.78, 5) is 4.84. The fourth-order valence-corrected chi connectivity index (χ4v) is 4.42. The third-order valence-electron chi connectivity index (χ3n) is 4.69. The second-order valence-electron chi connectivity index (χ2n) is 6.46. The second kappa shape index (κ2) is 5.79. The minimum atomic E-state index is 0.965. The zero-order valence-corrected chi connectivity index (χ0v) is 14.8. The van der Waals surface area contributed by atoms with E-state index in [1.54, 1.807) is 11.3 Å². The largest absolute Gasteiger partial charge is 0.313 e. The van der Waals surface area contributed by atoms with Gasteiger partial charge in [0.1, 0.15) is 5.01 Å². The number of fused-ring (bicyclic) bond motifs is 2. The van der Waals surface area contributed by atoms with E-state index in [-0.39, 0.29) is 0 Å². The molecule has 0 bridgehead atoms. The molecule has 2 aromatic carbocycles. The summed E-state index contributed by atoms with van der Waals surface area (Å²) in [5, 5.41) is 10.0. The van der Waals surface area contributed by atoms with Gasteiger partial charge in [-0.15, -0.1) is 11.3 Å². The molecular weight excluding hydrogens is 328 g/mol. The van der Waals surface area contributed by atoms with Gasteiger partial charge in [-0.25, -0.2) is 4.98 Å². The second-order valence-corrected chi connectivity index (χ2v) is 7.49. The summed E-state index contributed by atoms with van der Waals surface area (Å²) in [5.74, 6) is 0. The molecule has 0 saturated carbocycles. The highest BCUT2D eigenvalue weighted by atomic mass is 32.1. The van der Waals surface area contributed by atoms with Crippen LogP contribution in [0, 0.1) is 0 Å². The average Bonchev–Trinajstić information content (AvgIpc) is 3.23. The normalized spacial score (nSPS) is 15.0. The van der Waals surface area contributed by atoms with E-state index in [0.29, 0.717) is 0 Å². The van der Waals surface area contributed by atoms with Crippen LogP contribution in [0.15, 0.2) is 48.7 Å². The van der Waals surface area contributed by atoms with Crippen LogP contribution in [0.5, 0.6) is 0 Å². The Bertz CT molecular complexity index is 1120. The van der Waals surface area contributed by atoms with E-state index < -0.39 is 0 Å². The van der Waals surface area contributed by atoms with Crippen molar-refractivity contribution in [3.05, 3.63) is 54.2 Å². The molecule has 3 heterocycles. The molecule has 5 rings (SSSR count). The van der Waals surface area contributed by atoms with Crippen LogP contribution in [0.4, 0.5) is 0 Å². The van der Waals surface area contributed by atoms with Crippen molar-refractivity contribution in [3.63, 3.8) is 0 Å². The molecule has 124 valence electrons. The lowest BCUT2D eigenvalue weighted by Gasteiger charge is -2.13. The van der Waals surface area contributed by atoms with Crippen molar-refractivity contribution in [2.45, 2.75) is 6.42 Å². The Morgan fingerprint density at radius 1 is 1.08 bits per heavy atom. The predicted molar refractivity (Wildman–Crippen MR) is 105 cm³/mol. The third-order valence-corrected chi connectivity index (χ3v) is 5.76. The van der Waals surface area contributed by atoms with E-state index >= 15 is 0 Å². The first kappa shape index (κ1) is 14.8. The van der Waals surface area contributed by atoms with Crippen LogP contribution in [-0.4, -0.2) is 27.9 Å². The molecule has 0 fully saturated rings. The molecule has 0 atom stereocenters. The summed E-state index contributed by atoms with van der Waals surface area (Å²) in [6.45, 7) is 2.02. The van der Waals surface area contributed by atoms with E-state index in [1.807, 2.05) is 17.9 Å². The van der Waals surface area contributed by atoms with Crippen LogP contribution in [-0.2, 0) is 7.05 Å². The number of benzene rings is 2. The monoisotopic (exact) mass is 346 g/mol. The molecule has 0 radical (unpaired) electrons. The lowest BCUT2D eigenvalue weighted by Crippen LogP contribution is -2.19. The number of thiazole rings is 1. The number of hydrogen-bond donors (Lipinski definition) is 1. The Morgan fingerprint density at radius 2 is 1.96 bits per heavy atom. The van der Waals surface area contributed by atoms with Crippen molar-refractivity contribution < 1.29 is 0 Å². The summed E-state index contributed by atoms with van der Waals surface area (Å²) in [6.07, 6.45) is 5.44. The van der Waals surface area contributed by atoms with Crippen molar-refractivity contribution in [2.24, 2.45) is 7.05 Å². The number of nitrogens with zero attached hydrogens (tertiary/aromatic N) is 3. The zero-order chi connectivity index (χ0) is 16.8. The Hall–Kier alpha value is -2.50. The maximum Gasteiger partial charge on any atom is 0.124 e. The highest BCUT2D eigenvalue weighted by Gasteiger charge is 2.11. The SMILES string of the molecule is Cn1cc2cc(-c3nc4ccc(C5=CCNCC5)cc4s3)ccc2n1. The number of hydrogen-bond acceptors (Lipinski definition) is 4. The van der Waals surface area contributed by atoms with Crippen molar-refractivity contribution in [2.75, 3.05) is 13.1 Å². The molecule has 4 nitrogen and oxygen atoms in total. The minimum Gasteiger partial charge on any atom is -0.313 e. The molecule has 4 aromatic rings. The van der Waals surface area contributed by atoms with Crippen molar-refractivity contribution in [3.8, 4) is 10.6 Å². The molecule has 1 aliphatic rings. The van der Waals surface area contributed by atoms with Gasteiger partial charge in [-0.1, -0.05) is 12.1 Å². The maximum atomic E-state index is 4.84. The first-order valence-corrected chi connectivity index (χ1v) is 9.32. The Morgan fingerprint density at radius 3 is 2.84 bits per heavy atom. The molecule has 0 unspecified atom stereocenters. The summed E-state index contributed by atoms with van der Waals surface area (Å²) >= 11 is 1.76. The molecule has 0 saturated heterocycles. The fraction of sp³-hybridized carbons (Fsp3) is 0.200. The third kappa shape index (κ3) is 2.65. The lowest BCUT2D eigenvalue weighted by atomic mass is 10.0. The van der Waals surface area contributed by atoms with Gasteiger partial charge in [-0.05, 0) is 54.4 Å². The van der Waals surface area contributed by atoms with Gasteiger partial charge in [0.15, 0.2) is 0 Å². The number of aryl methyl sites for hydroxylation is 1. The fourth-order valence-electron chi connectivity index (χ4n) is 3.41. The first-order valence-electron chi connectivity index (χ1n) is 8.51. The van der Waals surface area contributed by atoms with E-state index in [9.17, 15) is 0 Å². The summed E-state index contributed by atoms with van der Waals surface area (Å²) < 4.78 is 3.10. The molecule has 1 aliphatic heterocycles.